The highest BCUT2D eigenvalue weighted by molar-refractivity contribution is 7.88. The highest BCUT2D eigenvalue weighted by Gasteiger charge is 2.20. The van der Waals surface area contributed by atoms with Crippen molar-refractivity contribution in [3.05, 3.63) is 38.2 Å². The molecule has 0 amide bonds. The van der Waals surface area contributed by atoms with Crippen LogP contribution in [0.15, 0.2) is 12.1 Å². The largest absolute Gasteiger partial charge is 0.453 e. The topological polar surface area (TPSA) is 124 Å². The highest BCUT2D eigenvalue weighted by Crippen LogP contribution is 2.37. The fourth-order valence-electron chi connectivity index (χ4n) is 3.48. The molecule has 3 heterocycles. The number of esters is 1. The van der Waals surface area contributed by atoms with Gasteiger partial charge in [0.2, 0.25) is 10.0 Å². The van der Waals surface area contributed by atoms with E-state index in [-0.39, 0.29) is 13.2 Å². The number of aromatic nitrogens is 2. The van der Waals surface area contributed by atoms with Gasteiger partial charge in [-0.3, -0.25) is 0 Å². The third-order valence-electron chi connectivity index (χ3n) is 4.82. The molecule has 0 aromatic carbocycles. The number of nitrogens with two attached hydrogens (primary N) is 1. The molecule has 1 aliphatic carbocycles. The second-order valence-electron chi connectivity index (χ2n) is 7.17. The number of ether oxygens (including phenoxy) is 1. The van der Waals surface area contributed by atoms with Gasteiger partial charge < -0.3 is 10.5 Å². The lowest BCUT2D eigenvalue weighted by atomic mass is 9.97. The smallest absolute Gasteiger partial charge is 0.348 e. The summed E-state index contributed by atoms with van der Waals surface area (Å²) in [6, 6.07) is 3.47. The molecule has 0 aliphatic heterocycles. The van der Waals surface area contributed by atoms with E-state index >= 15 is 0 Å². The maximum absolute atomic E-state index is 12.4. The Bertz CT molecular complexity index is 1200. The third kappa shape index (κ3) is 4.80. The van der Waals surface area contributed by atoms with Gasteiger partial charge in [0.05, 0.1) is 11.6 Å². The fraction of sp³-hybridized carbons (Fsp3) is 0.421. The molecular weight excluding hydrogens is 444 g/mol. The first-order valence-electron chi connectivity index (χ1n) is 9.57. The molecule has 11 heteroatoms. The first-order valence-corrected chi connectivity index (χ1v) is 13.1. The SMILES string of the molecule is CS(=O)(=O)NCCc1ccc(C(=O)OCc2nc(N)c3c4c(sc3n2)CCCC4)s1. The minimum atomic E-state index is -3.22. The van der Waals surface area contributed by atoms with Gasteiger partial charge in [-0.15, -0.1) is 22.7 Å². The van der Waals surface area contributed by atoms with Crippen molar-refractivity contribution >= 4 is 54.7 Å². The lowest BCUT2D eigenvalue weighted by Gasteiger charge is -2.10. The lowest BCUT2D eigenvalue weighted by molar-refractivity contribution is 0.0468. The Labute approximate surface area is 182 Å². The number of thiophene rings is 2. The molecule has 0 saturated heterocycles. The third-order valence-corrected chi connectivity index (χ3v) is 7.86. The van der Waals surface area contributed by atoms with Gasteiger partial charge in [0.25, 0.3) is 0 Å². The van der Waals surface area contributed by atoms with Gasteiger partial charge in [-0.05, 0) is 49.8 Å². The standard InChI is InChI=1S/C19H22N4O4S3/c1-30(25,26)21-9-8-11-6-7-14(28-11)19(24)27-10-15-22-17(20)16-12-4-2-3-5-13(12)29-18(16)23-15/h6-7,21H,2-5,8-10H2,1H3,(H2,20,22,23). The molecule has 0 saturated carbocycles. The second-order valence-corrected chi connectivity index (χ2v) is 11.3. The van der Waals surface area contributed by atoms with E-state index in [1.807, 2.05) is 0 Å². The van der Waals surface area contributed by atoms with Gasteiger partial charge in [0, 0.05) is 16.3 Å². The average molecular weight is 467 g/mol. The molecule has 4 rings (SSSR count). The number of hydrogen-bond acceptors (Lipinski definition) is 9. The molecule has 160 valence electrons. The summed E-state index contributed by atoms with van der Waals surface area (Å²) >= 11 is 2.93. The zero-order valence-corrected chi connectivity index (χ0v) is 18.9. The molecule has 0 atom stereocenters. The number of anilines is 1. The molecule has 0 bridgehead atoms. The Morgan fingerprint density at radius 3 is 2.83 bits per heavy atom. The second kappa shape index (κ2) is 8.58. The summed E-state index contributed by atoms with van der Waals surface area (Å²) in [7, 11) is -3.22. The van der Waals surface area contributed by atoms with E-state index in [9.17, 15) is 13.2 Å². The number of aryl methyl sites for hydroxylation is 2. The predicted molar refractivity (Wildman–Crippen MR) is 118 cm³/mol. The Kier molecular flexibility index (Phi) is 6.05. The monoisotopic (exact) mass is 466 g/mol. The number of nitrogen functional groups attached to an aromatic ring is 1. The summed E-state index contributed by atoms with van der Waals surface area (Å²) in [5.41, 5.74) is 7.47. The van der Waals surface area contributed by atoms with Gasteiger partial charge in [0.15, 0.2) is 12.4 Å². The predicted octanol–water partition coefficient (Wildman–Crippen LogP) is 2.66. The number of rotatable bonds is 7. The van der Waals surface area contributed by atoms with E-state index in [1.165, 1.54) is 28.2 Å². The molecule has 1 aliphatic rings. The lowest BCUT2D eigenvalue weighted by Crippen LogP contribution is -2.23. The molecule has 3 aromatic rings. The van der Waals surface area contributed by atoms with Crippen LogP contribution >= 0.6 is 22.7 Å². The minimum Gasteiger partial charge on any atom is -0.453 e. The molecule has 0 fully saturated rings. The van der Waals surface area contributed by atoms with Crippen LogP contribution in [-0.2, 0) is 40.6 Å². The van der Waals surface area contributed by atoms with Crippen LogP contribution in [0.4, 0.5) is 5.82 Å². The Hall–Kier alpha value is -2.08. The van der Waals surface area contributed by atoms with Crippen molar-refractivity contribution < 1.29 is 17.9 Å². The van der Waals surface area contributed by atoms with Crippen LogP contribution in [-0.4, -0.2) is 37.2 Å². The molecule has 8 nitrogen and oxygen atoms in total. The zero-order valence-electron chi connectivity index (χ0n) is 16.4. The zero-order chi connectivity index (χ0) is 21.3. The van der Waals surface area contributed by atoms with Crippen LogP contribution in [0.1, 0.15) is 43.7 Å². The number of hydrogen-bond donors (Lipinski definition) is 2. The Balaban J connectivity index is 1.40. The van der Waals surface area contributed by atoms with Crippen molar-refractivity contribution in [2.24, 2.45) is 0 Å². The van der Waals surface area contributed by atoms with Gasteiger partial charge in [-0.2, -0.15) is 0 Å². The van der Waals surface area contributed by atoms with Crippen LogP contribution in [0.2, 0.25) is 0 Å². The average Bonchev–Trinajstić information content (AvgIpc) is 3.29. The van der Waals surface area contributed by atoms with E-state index < -0.39 is 16.0 Å². The van der Waals surface area contributed by atoms with Crippen molar-refractivity contribution in [1.82, 2.24) is 14.7 Å². The van der Waals surface area contributed by atoms with E-state index in [1.54, 1.807) is 23.5 Å². The number of fused-ring (bicyclic) bond motifs is 3. The van der Waals surface area contributed by atoms with Crippen molar-refractivity contribution in [2.45, 2.75) is 38.7 Å². The van der Waals surface area contributed by atoms with Gasteiger partial charge in [-0.25, -0.2) is 27.9 Å². The number of nitrogens with zero attached hydrogens (tertiary/aromatic N) is 2. The highest BCUT2D eigenvalue weighted by atomic mass is 32.2. The van der Waals surface area contributed by atoms with Crippen LogP contribution in [0.25, 0.3) is 10.2 Å². The number of carbonyl (C=O) groups is 1. The quantitative estimate of drug-likeness (QED) is 0.513. The van der Waals surface area contributed by atoms with E-state index in [2.05, 4.69) is 14.7 Å². The van der Waals surface area contributed by atoms with E-state index in [4.69, 9.17) is 10.5 Å². The maximum atomic E-state index is 12.4. The Morgan fingerprint density at radius 1 is 1.23 bits per heavy atom. The summed E-state index contributed by atoms with van der Waals surface area (Å²) in [6.45, 7) is 0.232. The van der Waals surface area contributed by atoms with Gasteiger partial charge in [0.1, 0.15) is 15.5 Å². The summed E-state index contributed by atoms with van der Waals surface area (Å²) in [4.78, 5) is 24.8. The molecule has 3 N–H and O–H groups in total. The van der Waals surface area contributed by atoms with E-state index in [0.717, 1.165) is 40.6 Å². The normalized spacial score (nSPS) is 14.0. The van der Waals surface area contributed by atoms with Crippen molar-refractivity contribution in [3.8, 4) is 0 Å². The number of sulfonamides is 1. The first kappa shape index (κ1) is 21.2. The van der Waals surface area contributed by atoms with Crippen LogP contribution in [0.3, 0.4) is 0 Å². The maximum Gasteiger partial charge on any atom is 0.348 e. The number of carbonyl (C=O) groups excluding carboxylic acids is 1. The minimum absolute atomic E-state index is 0.0512. The summed E-state index contributed by atoms with van der Waals surface area (Å²) < 4.78 is 30.0. The Morgan fingerprint density at radius 2 is 2.03 bits per heavy atom. The molecule has 0 unspecified atom stereocenters. The fourth-order valence-corrected chi connectivity index (χ4v) is 6.14. The van der Waals surface area contributed by atoms with Crippen LogP contribution in [0, 0.1) is 0 Å². The summed E-state index contributed by atoms with van der Waals surface area (Å²) in [5.74, 6) is 0.373. The molecule has 0 spiro atoms. The first-order chi connectivity index (χ1) is 14.3. The van der Waals surface area contributed by atoms with E-state index in [0.29, 0.717) is 22.9 Å². The van der Waals surface area contributed by atoms with Crippen molar-refractivity contribution in [2.75, 3.05) is 18.5 Å². The summed E-state index contributed by atoms with van der Waals surface area (Å²) in [5, 5.41) is 0.954. The van der Waals surface area contributed by atoms with Gasteiger partial charge in [-0.1, -0.05) is 0 Å². The van der Waals surface area contributed by atoms with Gasteiger partial charge >= 0.3 is 5.97 Å². The molecule has 0 radical (unpaired) electrons. The van der Waals surface area contributed by atoms with Crippen LogP contribution in [0.5, 0.6) is 0 Å². The van der Waals surface area contributed by atoms with Crippen molar-refractivity contribution in [3.63, 3.8) is 0 Å². The molecule has 3 aromatic heterocycles. The molecular formula is C19H22N4O4S3. The number of nitrogens with one attached hydrogen (secondary N) is 1. The van der Waals surface area contributed by atoms with Crippen molar-refractivity contribution in [1.29, 1.82) is 0 Å². The van der Waals surface area contributed by atoms with Crippen LogP contribution < -0.4 is 10.5 Å². The molecule has 30 heavy (non-hydrogen) atoms. The summed E-state index contributed by atoms with van der Waals surface area (Å²) in [6.07, 6.45) is 6.03.